The molecule has 2 fully saturated rings. The van der Waals surface area contributed by atoms with Gasteiger partial charge in [-0.25, -0.2) is 9.97 Å². The number of pyridine rings is 2. The Bertz CT molecular complexity index is 1210. The van der Waals surface area contributed by atoms with E-state index in [0.717, 1.165) is 93.0 Å². The normalized spacial score (nSPS) is 17.3. The molecule has 2 aliphatic heterocycles. The average Bonchev–Trinajstić information content (AvgIpc) is 3.05. The van der Waals surface area contributed by atoms with Crippen LogP contribution in [0.15, 0.2) is 83.2 Å². The highest BCUT2D eigenvalue weighted by molar-refractivity contribution is 7.98. The molecule has 2 aromatic rings. The highest BCUT2D eigenvalue weighted by Crippen LogP contribution is 2.19. The standard InChI is InChI=1S/C33H42N6O2S2/c1-42-32-28(12-7-16-34-32)10-3-5-14-30(40)38-24-20-36(21-25-38)18-9-19-37-22-26-39(27-23-37)31(41)15-6-4-11-29-13-8-17-35-33(29)43-2/h3-8,10-17H,9,18-27H2,1-2H3/b10-3+,11-4+,14-5+,15-6+. The fourth-order valence-electron chi connectivity index (χ4n) is 5.11. The summed E-state index contributed by atoms with van der Waals surface area (Å²) in [6.07, 6.45) is 23.4. The molecule has 0 radical (unpaired) electrons. The molecule has 8 nitrogen and oxygen atoms in total. The van der Waals surface area contributed by atoms with E-state index in [1.165, 1.54) is 0 Å². The predicted molar refractivity (Wildman–Crippen MR) is 179 cm³/mol. The SMILES string of the molecule is CSc1ncccc1/C=C/C=C/C(=O)N1CCN(CCCN2CCN(C(=O)/C=C/C=C/c3cccnc3SC)CC2)CC1. The van der Waals surface area contributed by atoms with Gasteiger partial charge in [0.1, 0.15) is 10.1 Å². The molecule has 4 rings (SSSR count). The molecule has 0 spiro atoms. The minimum absolute atomic E-state index is 0.0667. The third-order valence-corrected chi connectivity index (χ3v) is 9.01. The molecule has 0 N–H and O–H groups in total. The van der Waals surface area contributed by atoms with Crippen molar-refractivity contribution in [3.8, 4) is 0 Å². The van der Waals surface area contributed by atoms with Crippen molar-refractivity contribution < 1.29 is 9.59 Å². The van der Waals surface area contributed by atoms with Gasteiger partial charge in [-0.3, -0.25) is 19.4 Å². The zero-order chi connectivity index (χ0) is 30.3. The number of allylic oxidation sites excluding steroid dienone is 4. The zero-order valence-electron chi connectivity index (χ0n) is 25.2. The van der Waals surface area contributed by atoms with Crippen LogP contribution in [-0.2, 0) is 9.59 Å². The summed E-state index contributed by atoms with van der Waals surface area (Å²) >= 11 is 3.22. The van der Waals surface area contributed by atoms with E-state index < -0.39 is 0 Å². The fourth-order valence-corrected chi connectivity index (χ4v) is 6.18. The number of thioether (sulfide) groups is 2. The summed E-state index contributed by atoms with van der Waals surface area (Å²) in [5.74, 6) is 0.133. The van der Waals surface area contributed by atoms with Crippen LogP contribution in [0, 0.1) is 0 Å². The Hall–Kier alpha value is -3.18. The number of carbonyl (C=O) groups excluding carboxylic acids is 2. The number of amides is 2. The van der Waals surface area contributed by atoms with Gasteiger partial charge in [0.2, 0.25) is 11.8 Å². The van der Waals surface area contributed by atoms with E-state index in [1.54, 1.807) is 48.1 Å². The molecular weight excluding hydrogens is 577 g/mol. The lowest BCUT2D eigenvalue weighted by Crippen LogP contribution is -2.50. The van der Waals surface area contributed by atoms with E-state index >= 15 is 0 Å². The van der Waals surface area contributed by atoms with Gasteiger partial charge >= 0.3 is 0 Å². The van der Waals surface area contributed by atoms with Crippen molar-refractivity contribution in [1.82, 2.24) is 29.6 Å². The van der Waals surface area contributed by atoms with Gasteiger partial charge in [0.25, 0.3) is 0 Å². The molecule has 0 atom stereocenters. The second kappa shape index (κ2) is 17.8. The summed E-state index contributed by atoms with van der Waals surface area (Å²) < 4.78 is 0. The molecular formula is C33H42N6O2S2. The summed E-state index contributed by atoms with van der Waals surface area (Å²) in [4.78, 5) is 42.7. The third kappa shape index (κ3) is 10.5. The van der Waals surface area contributed by atoms with Crippen LogP contribution in [0.5, 0.6) is 0 Å². The Labute approximate surface area is 264 Å². The molecule has 10 heteroatoms. The number of rotatable bonds is 12. The summed E-state index contributed by atoms with van der Waals surface area (Å²) in [6, 6.07) is 7.89. The maximum atomic E-state index is 12.6. The highest BCUT2D eigenvalue weighted by Gasteiger charge is 2.21. The van der Waals surface area contributed by atoms with E-state index in [0.29, 0.717) is 0 Å². The predicted octanol–water partition coefficient (Wildman–Crippen LogP) is 4.44. The van der Waals surface area contributed by atoms with E-state index in [-0.39, 0.29) is 11.8 Å². The Morgan fingerprint density at radius 1 is 0.674 bits per heavy atom. The van der Waals surface area contributed by atoms with Crippen LogP contribution >= 0.6 is 23.5 Å². The second-order valence-corrected chi connectivity index (χ2v) is 11.9. The molecule has 0 unspecified atom stereocenters. The lowest BCUT2D eigenvalue weighted by Gasteiger charge is -2.36. The van der Waals surface area contributed by atoms with Gasteiger partial charge in [-0.1, -0.05) is 48.6 Å². The molecule has 2 amide bonds. The van der Waals surface area contributed by atoms with E-state index in [9.17, 15) is 9.59 Å². The Kier molecular flexibility index (Phi) is 13.6. The molecule has 0 bridgehead atoms. The van der Waals surface area contributed by atoms with Crippen LogP contribution in [0.4, 0.5) is 0 Å². The Morgan fingerprint density at radius 2 is 1.09 bits per heavy atom. The number of hydrogen-bond acceptors (Lipinski definition) is 8. The van der Waals surface area contributed by atoms with Crippen LogP contribution in [0.1, 0.15) is 17.5 Å². The minimum atomic E-state index is 0.0667. The van der Waals surface area contributed by atoms with E-state index in [1.807, 2.05) is 83.0 Å². The monoisotopic (exact) mass is 618 g/mol. The van der Waals surface area contributed by atoms with E-state index in [2.05, 4.69) is 19.8 Å². The average molecular weight is 619 g/mol. The number of carbonyl (C=O) groups is 2. The smallest absolute Gasteiger partial charge is 0.246 e. The maximum absolute atomic E-state index is 12.6. The number of hydrogen-bond donors (Lipinski definition) is 0. The first-order chi connectivity index (χ1) is 21.1. The van der Waals surface area contributed by atoms with Gasteiger partial charge < -0.3 is 9.80 Å². The van der Waals surface area contributed by atoms with Gasteiger partial charge in [0.05, 0.1) is 0 Å². The lowest BCUT2D eigenvalue weighted by molar-refractivity contribution is -0.128. The largest absolute Gasteiger partial charge is 0.337 e. The molecule has 228 valence electrons. The van der Waals surface area contributed by atoms with E-state index in [4.69, 9.17) is 0 Å². The quantitative estimate of drug-likeness (QED) is 0.197. The summed E-state index contributed by atoms with van der Waals surface area (Å²) in [5.41, 5.74) is 2.11. The molecule has 2 aliphatic rings. The molecule has 0 aliphatic carbocycles. The van der Waals surface area contributed by atoms with Crippen LogP contribution in [0.3, 0.4) is 0 Å². The van der Waals surface area contributed by atoms with Crippen molar-refractivity contribution in [2.45, 2.75) is 16.5 Å². The van der Waals surface area contributed by atoms with Gasteiger partial charge in [-0.2, -0.15) is 0 Å². The molecule has 2 aromatic heterocycles. The maximum Gasteiger partial charge on any atom is 0.246 e. The summed E-state index contributed by atoms with van der Waals surface area (Å²) in [7, 11) is 0. The molecule has 43 heavy (non-hydrogen) atoms. The van der Waals surface area contributed by atoms with Crippen molar-refractivity contribution in [2.24, 2.45) is 0 Å². The van der Waals surface area contributed by atoms with Crippen LogP contribution in [0.25, 0.3) is 12.2 Å². The van der Waals surface area contributed by atoms with Crippen molar-refractivity contribution in [2.75, 3.05) is 78.0 Å². The van der Waals surface area contributed by atoms with Gasteiger partial charge in [0.15, 0.2) is 0 Å². The van der Waals surface area contributed by atoms with Gasteiger partial charge in [0, 0.05) is 88.0 Å². The van der Waals surface area contributed by atoms with Crippen LogP contribution in [0.2, 0.25) is 0 Å². The first kappa shape index (κ1) is 32.7. The van der Waals surface area contributed by atoms with Crippen molar-refractivity contribution in [3.63, 3.8) is 0 Å². The molecule has 2 saturated heterocycles. The number of aromatic nitrogens is 2. The van der Waals surface area contributed by atoms with Crippen molar-refractivity contribution in [3.05, 3.63) is 84.2 Å². The first-order valence-corrected chi connectivity index (χ1v) is 17.2. The highest BCUT2D eigenvalue weighted by atomic mass is 32.2. The zero-order valence-corrected chi connectivity index (χ0v) is 26.8. The second-order valence-electron chi connectivity index (χ2n) is 10.3. The Balaban J connectivity index is 1.08. The number of piperazine rings is 2. The van der Waals surface area contributed by atoms with Crippen LogP contribution in [-0.4, -0.2) is 119 Å². The summed E-state index contributed by atoms with van der Waals surface area (Å²) in [6.45, 7) is 8.74. The van der Waals surface area contributed by atoms with Crippen molar-refractivity contribution >= 4 is 47.5 Å². The van der Waals surface area contributed by atoms with Crippen LogP contribution < -0.4 is 0 Å². The van der Waals surface area contributed by atoms with Gasteiger partial charge in [-0.15, -0.1) is 23.5 Å². The fraction of sp³-hybridized carbons (Fsp3) is 0.394. The lowest BCUT2D eigenvalue weighted by atomic mass is 10.2. The minimum Gasteiger partial charge on any atom is -0.337 e. The molecule has 0 saturated carbocycles. The van der Waals surface area contributed by atoms with Crippen molar-refractivity contribution in [1.29, 1.82) is 0 Å². The summed E-state index contributed by atoms with van der Waals surface area (Å²) in [5, 5.41) is 1.96. The molecule has 4 heterocycles. The first-order valence-electron chi connectivity index (χ1n) is 14.8. The third-order valence-electron chi connectivity index (χ3n) is 7.56. The molecule has 0 aromatic carbocycles. The van der Waals surface area contributed by atoms with Gasteiger partial charge in [-0.05, 0) is 44.2 Å². The topological polar surface area (TPSA) is 72.9 Å². The Morgan fingerprint density at radius 3 is 1.49 bits per heavy atom. The number of nitrogens with zero attached hydrogens (tertiary/aromatic N) is 6.